The van der Waals surface area contributed by atoms with Crippen LogP contribution in [0.2, 0.25) is 0 Å². The summed E-state index contributed by atoms with van der Waals surface area (Å²) in [4.78, 5) is 24.6. The summed E-state index contributed by atoms with van der Waals surface area (Å²) in [5, 5.41) is 23.4. The van der Waals surface area contributed by atoms with Gasteiger partial charge in [0.25, 0.3) is 0 Å². The van der Waals surface area contributed by atoms with E-state index in [4.69, 9.17) is 4.74 Å². The number of carbonyl (C=O) groups is 2. The van der Waals surface area contributed by atoms with Gasteiger partial charge in [0.15, 0.2) is 0 Å². The standard InChI is InChI=1S/C65H123NO5/c1-3-5-7-9-11-13-15-17-19-20-21-22-24-27-30-33-37-41-45-49-53-57-63(68)62(61-67)66-64(69)58-54-50-46-42-38-34-31-28-25-23-26-29-32-36-40-44-48-52-56-60-71-65(70)59-55-51-47-43-39-35-18-16-14-12-10-8-6-4-2/h10,12,16,18,23,25,62-63,67-68H,3-9,11,13-15,17,19-22,24,26-61H2,1-2H3,(H,66,69)/b12-10-,18-16-,25-23-. The summed E-state index contributed by atoms with van der Waals surface area (Å²) in [6.07, 6.45) is 75.8. The van der Waals surface area contributed by atoms with Crippen molar-refractivity contribution in [1.29, 1.82) is 0 Å². The fourth-order valence-corrected chi connectivity index (χ4v) is 9.77. The summed E-state index contributed by atoms with van der Waals surface area (Å²) in [7, 11) is 0. The molecule has 71 heavy (non-hydrogen) atoms. The first-order valence-electron chi connectivity index (χ1n) is 31.7. The highest BCUT2D eigenvalue weighted by molar-refractivity contribution is 5.76. The van der Waals surface area contributed by atoms with Gasteiger partial charge in [0.1, 0.15) is 0 Å². The van der Waals surface area contributed by atoms with Crippen LogP contribution in [0.1, 0.15) is 341 Å². The zero-order valence-electron chi connectivity index (χ0n) is 47.7. The molecule has 2 unspecified atom stereocenters. The van der Waals surface area contributed by atoms with Crippen molar-refractivity contribution in [2.45, 2.75) is 353 Å². The van der Waals surface area contributed by atoms with E-state index in [1.807, 2.05) is 0 Å². The predicted octanol–water partition coefficient (Wildman–Crippen LogP) is 20.0. The molecule has 0 aliphatic rings. The van der Waals surface area contributed by atoms with Crippen molar-refractivity contribution < 1.29 is 24.5 Å². The molecule has 0 rings (SSSR count). The monoisotopic (exact) mass is 998 g/mol. The molecule has 0 fully saturated rings. The lowest BCUT2D eigenvalue weighted by Gasteiger charge is -2.22. The second kappa shape index (κ2) is 60.6. The first kappa shape index (κ1) is 69.1. The zero-order chi connectivity index (χ0) is 51.4. The van der Waals surface area contributed by atoms with E-state index in [2.05, 4.69) is 55.6 Å². The maximum atomic E-state index is 12.5. The average molecular weight is 999 g/mol. The smallest absolute Gasteiger partial charge is 0.305 e. The van der Waals surface area contributed by atoms with Crippen molar-refractivity contribution in [3.05, 3.63) is 36.5 Å². The second-order valence-electron chi connectivity index (χ2n) is 21.7. The van der Waals surface area contributed by atoms with Gasteiger partial charge in [-0.05, 0) is 77.0 Å². The van der Waals surface area contributed by atoms with Crippen molar-refractivity contribution in [1.82, 2.24) is 5.32 Å². The third kappa shape index (κ3) is 57.2. The van der Waals surface area contributed by atoms with Gasteiger partial charge in [-0.2, -0.15) is 0 Å². The van der Waals surface area contributed by atoms with E-state index in [-0.39, 0.29) is 18.5 Å². The molecule has 2 atom stereocenters. The number of rotatable bonds is 59. The Labute approximate surface area is 443 Å². The van der Waals surface area contributed by atoms with Gasteiger partial charge in [-0.3, -0.25) is 9.59 Å². The number of hydrogen-bond donors (Lipinski definition) is 3. The lowest BCUT2D eigenvalue weighted by atomic mass is 10.0. The molecule has 0 saturated carbocycles. The highest BCUT2D eigenvalue weighted by Crippen LogP contribution is 2.18. The van der Waals surface area contributed by atoms with Gasteiger partial charge in [0.2, 0.25) is 5.91 Å². The third-order valence-corrected chi connectivity index (χ3v) is 14.7. The van der Waals surface area contributed by atoms with Gasteiger partial charge in [-0.1, -0.05) is 288 Å². The summed E-state index contributed by atoms with van der Waals surface area (Å²) in [6.45, 7) is 4.91. The van der Waals surface area contributed by atoms with Crippen LogP contribution < -0.4 is 5.32 Å². The molecule has 0 saturated heterocycles. The Morgan fingerprint density at radius 2 is 0.718 bits per heavy atom. The SMILES string of the molecule is CCCC/C=C\C/C=C\CCCCCCCC(=O)OCCCCCCCCCC/C=C\CCCCCCCCCC(=O)NC(CO)C(O)CCCCCCCCCCCCCCCCCCCCCCC. The first-order valence-corrected chi connectivity index (χ1v) is 31.7. The van der Waals surface area contributed by atoms with Crippen molar-refractivity contribution in [2.75, 3.05) is 13.2 Å². The molecule has 0 aromatic rings. The summed E-state index contributed by atoms with van der Waals surface area (Å²) >= 11 is 0. The van der Waals surface area contributed by atoms with Crippen LogP contribution in [0.4, 0.5) is 0 Å². The summed E-state index contributed by atoms with van der Waals surface area (Å²) in [5.74, 6) is -0.0525. The maximum absolute atomic E-state index is 12.5. The number of carbonyl (C=O) groups excluding carboxylic acids is 2. The van der Waals surface area contributed by atoms with Crippen molar-refractivity contribution >= 4 is 11.9 Å². The average Bonchev–Trinajstić information content (AvgIpc) is 3.37. The fraction of sp³-hybridized carbons (Fsp3) is 0.877. The molecular formula is C65H123NO5. The molecule has 0 heterocycles. The molecule has 0 aromatic carbocycles. The zero-order valence-corrected chi connectivity index (χ0v) is 47.7. The molecule has 418 valence electrons. The minimum atomic E-state index is -0.672. The van der Waals surface area contributed by atoms with E-state index in [0.29, 0.717) is 25.9 Å². The Balaban J connectivity index is 3.45. The molecule has 6 heteroatoms. The quantitative estimate of drug-likeness (QED) is 0.0321. The first-order chi connectivity index (χ1) is 35.0. The normalized spacial score (nSPS) is 12.8. The molecule has 1 amide bonds. The number of hydrogen-bond acceptors (Lipinski definition) is 5. The lowest BCUT2D eigenvalue weighted by molar-refractivity contribution is -0.143. The van der Waals surface area contributed by atoms with Crippen molar-refractivity contribution in [3.63, 3.8) is 0 Å². The second-order valence-corrected chi connectivity index (χ2v) is 21.7. The number of amides is 1. The van der Waals surface area contributed by atoms with E-state index in [0.717, 1.165) is 57.8 Å². The molecular weight excluding hydrogens is 875 g/mol. The largest absolute Gasteiger partial charge is 0.466 e. The molecule has 0 aliphatic heterocycles. The molecule has 0 aliphatic carbocycles. The van der Waals surface area contributed by atoms with Crippen LogP contribution in [0.3, 0.4) is 0 Å². The number of nitrogens with one attached hydrogen (secondary N) is 1. The number of allylic oxidation sites excluding steroid dienone is 6. The maximum Gasteiger partial charge on any atom is 0.305 e. The van der Waals surface area contributed by atoms with Crippen LogP contribution in [-0.2, 0) is 14.3 Å². The Morgan fingerprint density at radius 3 is 1.13 bits per heavy atom. The number of aliphatic hydroxyl groups is 2. The summed E-state index contributed by atoms with van der Waals surface area (Å²) in [5.41, 5.74) is 0. The van der Waals surface area contributed by atoms with E-state index in [1.165, 1.54) is 250 Å². The van der Waals surface area contributed by atoms with Crippen molar-refractivity contribution in [2.24, 2.45) is 0 Å². The minimum absolute atomic E-state index is 0.0103. The van der Waals surface area contributed by atoms with Gasteiger partial charge < -0.3 is 20.3 Å². The van der Waals surface area contributed by atoms with Crippen LogP contribution in [0.25, 0.3) is 0 Å². The van der Waals surface area contributed by atoms with Crippen LogP contribution in [0.5, 0.6) is 0 Å². The van der Waals surface area contributed by atoms with E-state index in [9.17, 15) is 19.8 Å². The number of esters is 1. The van der Waals surface area contributed by atoms with Crippen LogP contribution in [0.15, 0.2) is 36.5 Å². The molecule has 0 radical (unpaired) electrons. The molecule has 0 bridgehead atoms. The van der Waals surface area contributed by atoms with Gasteiger partial charge in [-0.15, -0.1) is 0 Å². The van der Waals surface area contributed by atoms with Crippen LogP contribution >= 0.6 is 0 Å². The van der Waals surface area contributed by atoms with Gasteiger partial charge in [0.05, 0.1) is 25.4 Å². The highest BCUT2D eigenvalue weighted by atomic mass is 16.5. The fourth-order valence-electron chi connectivity index (χ4n) is 9.77. The Bertz CT molecular complexity index is 1150. The van der Waals surface area contributed by atoms with E-state index < -0.39 is 12.1 Å². The third-order valence-electron chi connectivity index (χ3n) is 14.7. The summed E-state index contributed by atoms with van der Waals surface area (Å²) in [6, 6.07) is -0.550. The molecule has 3 N–H and O–H groups in total. The van der Waals surface area contributed by atoms with Crippen molar-refractivity contribution in [3.8, 4) is 0 Å². The number of unbranched alkanes of at least 4 members (excludes halogenated alkanes) is 42. The lowest BCUT2D eigenvalue weighted by Crippen LogP contribution is -2.45. The molecule has 0 aromatic heterocycles. The molecule has 0 spiro atoms. The topological polar surface area (TPSA) is 95.9 Å². The van der Waals surface area contributed by atoms with Crippen LogP contribution in [0, 0.1) is 0 Å². The molecule has 6 nitrogen and oxygen atoms in total. The number of aliphatic hydroxyl groups excluding tert-OH is 2. The van der Waals surface area contributed by atoms with Crippen LogP contribution in [-0.4, -0.2) is 47.4 Å². The summed E-state index contributed by atoms with van der Waals surface area (Å²) < 4.78 is 5.47. The Kier molecular flexibility index (Phi) is 59.0. The Hall–Kier alpha value is -1.92. The minimum Gasteiger partial charge on any atom is -0.466 e. The van der Waals surface area contributed by atoms with Gasteiger partial charge in [0, 0.05) is 12.8 Å². The van der Waals surface area contributed by atoms with E-state index in [1.54, 1.807) is 0 Å². The van der Waals surface area contributed by atoms with Gasteiger partial charge in [-0.25, -0.2) is 0 Å². The number of ether oxygens (including phenoxy) is 1. The predicted molar refractivity (Wildman–Crippen MR) is 310 cm³/mol. The Morgan fingerprint density at radius 1 is 0.394 bits per heavy atom. The highest BCUT2D eigenvalue weighted by Gasteiger charge is 2.20. The van der Waals surface area contributed by atoms with Gasteiger partial charge >= 0.3 is 5.97 Å². The van der Waals surface area contributed by atoms with E-state index >= 15 is 0 Å².